The average Bonchev–Trinajstić information content (AvgIpc) is 2.78. The van der Waals surface area contributed by atoms with Crippen molar-refractivity contribution in [1.82, 2.24) is 15.1 Å². The van der Waals surface area contributed by atoms with Gasteiger partial charge in [0.15, 0.2) is 0 Å². The first-order valence-electron chi connectivity index (χ1n) is 8.57. The van der Waals surface area contributed by atoms with Gasteiger partial charge in [-0.3, -0.25) is 0 Å². The molecule has 1 saturated heterocycles. The summed E-state index contributed by atoms with van der Waals surface area (Å²) >= 11 is 0. The highest BCUT2D eigenvalue weighted by Gasteiger charge is 2.35. The Hall–Kier alpha value is -0.120. The second-order valence-electron chi connectivity index (χ2n) is 7.09. The lowest BCUT2D eigenvalue weighted by molar-refractivity contribution is 0.147. The zero-order chi connectivity index (χ0) is 15.2. The molecule has 0 bridgehead atoms. The summed E-state index contributed by atoms with van der Waals surface area (Å²) in [6, 6.07) is 0.727. The third kappa shape index (κ3) is 4.71. The van der Waals surface area contributed by atoms with Gasteiger partial charge in [0.2, 0.25) is 0 Å². The van der Waals surface area contributed by atoms with E-state index in [4.69, 9.17) is 0 Å². The number of rotatable bonds is 9. The molecule has 120 valence electrons. The first-order valence-corrected chi connectivity index (χ1v) is 8.57. The van der Waals surface area contributed by atoms with Crippen molar-refractivity contribution in [3.05, 3.63) is 0 Å². The molecule has 0 aromatic carbocycles. The molecule has 0 aromatic rings. The standard InChI is InChI=1S/C17H37N3/c1-7-10-18-13-17(8-2,9-3)14-20-11-15(4)16(12-20)19(5)6/h15-16,18H,7-14H2,1-6H3. The van der Waals surface area contributed by atoms with Gasteiger partial charge in [0.25, 0.3) is 0 Å². The van der Waals surface area contributed by atoms with Crippen LogP contribution in [0.1, 0.15) is 47.0 Å². The van der Waals surface area contributed by atoms with Crippen LogP contribution >= 0.6 is 0 Å². The monoisotopic (exact) mass is 283 g/mol. The summed E-state index contributed by atoms with van der Waals surface area (Å²) in [5.74, 6) is 0.792. The van der Waals surface area contributed by atoms with E-state index in [1.165, 1.54) is 45.4 Å². The molecule has 1 rings (SSSR count). The number of likely N-dealkylation sites (tertiary alicyclic amines) is 1. The topological polar surface area (TPSA) is 18.5 Å². The molecule has 0 amide bonds. The zero-order valence-corrected chi connectivity index (χ0v) is 14.7. The summed E-state index contributed by atoms with van der Waals surface area (Å²) in [5, 5.41) is 3.66. The van der Waals surface area contributed by atoms with Gasteiger partial charge in [-0.15, -0.1) is 0 Å². The Morgan fingerprint density at radius 3 is 2.25 bits per heavy atom. The Labute approximate surface area is 127 Å². The van der Waals surface area contributed by atoms with Crippen molar-refractivity contribution in [3.63, 3.8) is 0 Å². The molecule has 20 heavy (non-hydrogen) atoms. The fourth-order valence-electron chi connectivity index (χ4n) is 3.63. The highest BCUT2D eigenvalue weighted by molar-refractivity contribution is 4.91. The predicted molar refractivity (Wildman–Crippen MR) is 89.3 cm³/mol. The van der Waals surface area contributed by atoms with Crippen molar-refractivity contribution >= 4 is 0 Å². The summed E-state index contributed by atoms with van der Waals surface area (Å²) in [6.45, 7) is 15.5. The highest BCUT2D eigenvalue weighted by Crippen LogP contribution is 2.30. The first kappa shape index (κ1) is 17.9. The maximum atomic E-state index is 3.66. The average molecular weight is 284 g/mol. The first-order chi connectivity index (χ1) is 9.48. The minimum Gasteiger partial charge on any atom is -0.316 e. The third-order valence-electron chi connectivity index (χ3n) is 5.30. The summed E-state index contributed by atoms with van der Waals surface area (Å²) in [7, 11) is 4.45. The number of hydrogen-bond acceptors (Lipinski definition) is 3. The molecular formula is C17H37N3. The van der Waals surface area contributed by atoms with Crippen LogP contribution in [0.25, 0.3) is 0 Å². The Morgan fingerprint density at radius 2 is 1.80 bits per heavy atom. The quantitative estimate of drug-likeness (QED) is 0.656. The minimum atomic E-state index is 0.454. The maximum absolute atomic E-state index is 3.66. The lowest BCUT2D eigenvalue weighted by Crippen LogP contribution is -2.44. The van der Waals surface area contributed by atoms with Crippen LogP contribution in [-0.2, 0) is 0 Å². The second-order valence-corrected chi connectivity index (χ2v) is 7.09. The SMILES string of the molecule is CCCNCC(CC)(CC)CN1CC(C)C(N(C)C)C1. The smallest absolute Gasteiger partial charge is 0.0254 e. The van der Waals surface area contributed by atoms with Gasteiger partial charge >= 0.3 is 0 Å². The summed E-state index contributed by atoms with van der Waals surface area (Å²) < 4.78 is 0. The van der Waals surface area contributed by atoms with Gasteiger partial charge in [-0.2, -0.15) is 0 Å². The molecule has 0 saturated carbocycles. The maximum Gasteiger partial charge on any atom is 0.0254 e. The van der Waals surface area contributed by atoms with Crippen molar-refractivity contribution in [2.45, 2.75) is 53.0 Å². The van der Waals surface area contributed by atoms with Crippen LogP contribution in [0.2, 0.25) is 0 Å². The molecule has 2 atom stereocenters. The Bertz CT molecular complexity index is 261. The van der Waals surface area contributed by atoms with Crippen molar-refractivity contribution < 1.29 is 0 Å². The molecule has 3 heteroatoms. The van der Waals surface area contributed by atoms with E-state index in [-0.39, 0.29) is 0 Å². The highest BCUT2D eigenvalue weighted by atomic mass is 15.2. The molecule has 1 heterocycles. The lowest BCUT2D eigenvalue weighted by atomic mass is 9.81. The Balaban J connectivity index is 2.57. The van der Waals surface area contributed by atoms with Crippen molar-refractivity contribution in [1.29, 1.82) is 0 Å². The van der Waals surface area contributed by atoms with Gasteiger partial charge in [-0.05, 0) is 51.2 Å². The van der Waals surface area contributed by atoms with E-state index in [0.29, 0.717) is 5.41 Å². The van der Waals surface area contributed by atoms with E-state index in [2.05, 4.69) is 56.9 Å². The van der Waals surface area contributed by atoms with Crippen LogP contribution in [0.3, 0.4) is 0 Å². The fourth-order valence-corrected chi connectivity index (χ4v) is 3.63. The van der Waals surface area contributed by atoms with E-state index >= 15 is 0 Å². The van der Waals surface area contributed by atoms with E-state index in [1.807, 2.05) is 0 Å². The van der Waals surface area contributed by atoms with Crippen LogP contribution in [0.4, 0.5) is 0 Å². The molecule has 0 aliphatic carbocycles. The van der Waals surface area contributed by atoms with Crippen LogP contribution in [0.5, 0.6) is 0 Å². The largest absolute Gasteiger partial charge is 0.316 e. The van der Waals surface area contributed by atoms with Gasteiger partial charge in [0.1, 0.15) is 0 Å². The molecule has 3 nitrogen and oxygen atoms in total. The Morgan fingerprint density at radius 1 is 1.15 bits per heavy atom. The number of likely N-dealkylation sites (N-methyl/N-ethyl adjacent to an activating group) is 1. The molecule has 1 aliphatic heterocycles. The van der Waals surface area contributed by atoms with E-state index in [0.717, 1.165) is 18.5 Å². The molecule has 0 radical (unpaired) electrons. The summed E-state index contributed by atoms with van der Waals surface area (Å²) in [4.78, 5) is 5.11. The van der Waals surface area contributed by atoms with Crippen LogP contribution in [-0.4, -0.2) is 62.7 Å². The summed E-state index contributed by atoms with van der Waals surface area (Å²) in [5.41, 5.74) is 0.454. The van der Waals surface area contributed by atoms with Gasteiger partial charge in [0.05, 0.1) is 0 Å². The Kier molecular flexibility index (Phi) is 7.49. The van der Waals surface area contributed by atoms with E-state index in [9.17, 15) is 0 Å². The molecule has 1 aliphatic rings. The molecule has 1 N–H and O–H groups in total. The third-order valence-corrected chi connectivity index (χ3v) is 5.30. The van der Waals surface area contributed by atoms with Crippen molar-refractivity contribution in [2.75, 3.05) is 46.8 Å². The van der Waals surface area contributed by atoms with Crippen molar-refractivity contribution in [3.8, 4) is 0 Å². The fraction of sp³-hybridized carbons (Fsp3) is 1.00. The lowest BCUT2D eigenvalue weighted by Gasteiger charge is -2.36. The minimum absolute atomic E-state index is 0.454. The van der Waals surface area contributed by atoms with Crippen molar-refractivity contribution in [2.24, 2.45) is 11.3 Å². The van der Waals surface area contributed by atoms with Gasteiger partial charge in [0, 0.05) is 32.2 Å². The molecule has 0 spiro atoms. The van der Waals surface area contributed by atoms with Crippen LogP contribution in [0.15, 0.2) is 0 Å². The van der Waals surface area contributed by atoms with Crippen LogP contribution < -0.4 is 5.32 Å². The zero-order valence-electron chi connectivity index (χ0n) is 14.7. The molecule has 2 unspecified atom stereocenters. The molecule has 1 fully saturated rings. The van der Waals surface area contributed by atoms with E-state index < -0.39 is 0 Å². The number of nitrogens with one attached hydrogen (secondary N) is 1. The van der Waals surface area contributed by atoms with Gasteiger partial charge < -0.3 is 15.1 Å². The number of nitrogens with zero attached hydrogens (tertiary/aromatic N) is 2. The van der Waals surface area contributed by atoms with Gasteiger partial charge in [-0.1, -0.05) is 27.7 Å². The molecular weight excluding hydrogens is 246 g/mol. The normalized spacial score (nSPS) is 24.8. The van der Waals surface area contributed by atoms with Gasteiger partial charge in [-0.25, -0.2) is 0 Å². The number of hydrogen-bond donors (Lipinski definition) is 1. The summed E-state index contributed by atoms with van der Waals surface area (Å²) in [6.07, 6.45) is 3.78. The second kappa shape index (κ2) is 8.35. The predicted octanol–water partition coefficient (Wildman–Crippen LogP) is 2.67. The molecule has 0 aromatic heterocycles. The van der Waals surface area contributed by atoms with Crippen LogP contribution in [0, 0.1) is 11.3 Å². The van der Waals surface area contributed by atoms with E-state index in [1.54, 1.807) is 0 Å².